The smallest absolute Gasteiger partial charge is 0.337 e. The van der Waals surface area contributed by atoms with Crippen LogP contribution in [0, 0.1) is 0 Å². The lowest BCUT2D eigenvalue weighted by Gasteiger charge is -2.10. The van der Waals surface area contributed by atoms with Gasteiger partial charge in [0.25, 0.3) is 0 Å². The molecule has 1 aromatic carbocycles. The highest BCUT2D eigenvalue weighted by molar-refractivity contribution is 9.10. The molecule has 0 spiro atoms. The number of nitrogens with zero attached hydrogens (tertiary/aromatic N) is 1. The van der Waals surface area contributed by atoms with Crippen molar-refractivity contribution in [1.29, 1.82) is 0 Å². The summed E-state index contributed by atoms with van der Waals surface area (Å²) in [6.07, 6.45) is 4.31. The number of rotatable bonds is 5. The van der Waals surface area contributed by atoms with Crippen molar-refractivity contribution in [3.8, 4) is 0 Å². The Balaban J connectivity index is 2.02. The Kier molecular flexibility index (Phi) is 4.52. The largest absolute Gasteiger partial charge is 0.478 e. The van der Waals surface area contributed by atoms with E-state index in [1.54, 1.807) is 24.5 Å². The molecule has 2 aromatic rings. The molecule has 0 unspecified atom stereocenters. The van der Waals surface area contributed by atoms with E-state index in [0.29, 0.717) is 12.2 Å². The van der Waals surface area contributed by atoms with Gasteiger partial charge in [-0.2, -0.15) is 0 Å². The van der Waals surface area contributed by atoms with Crippen molar-refractivity contribution in [2.75, 3.05) is 11.9 Å². The van der Waals surface area contributed by atoms with Gasteiger partial charge in [-0.3, -0.25) is 4.98 Å². The van der Waals surface area contributed by atoms with Crippen LogP contribution in [0.3, 0.4) is 0 Å². The Morgan fingerprint density at radius 2 is 2.00 bits per heavy atom. The van der Waals surface area contributed by atoms with Gasteiger partial charge in [-0.05, 0) is 42.3 Å². The monoisotopic (exact) mass is 320 g/mol. The molecule has 2 rings (SSSR count). The van der Waals surface area contributed by atoms with E-state index in [4.69, 9.17) is 5.11 Å². The lowest BCUT2D eigenvalue weighted by molar-refractivity contribution is 0.0698. The molecule has 0 bridgehead atoms. The number of aromatic nitrogens is 1. The fraction of sp³-hybridized carbons (Fsp3) is 0.143. The number of anilines is 1. The molecular weight excluding hydrogens is 308 g/mol. The van der Waals surface area contributed by atoms with Crippen molar-refractivity contribution in [3.05, 3.63) is 58.3 Å². The molecule has 1 heterocycles. The normalized spacial score (nSPS) is 10.2. The summed E-state index contributed by atoms with van der Waals surface area (Å²) in [5, 5.41) is 12.3. The summed E-state index contributed by atoms with van der Waals surface area (Å²) in [7, 11) is 0. The van der Waals surface area contributed by atoms with Crippen LogP contribution in [-0.2, 0) is 6.42 Å². The average molecular weight is 321 g/mol. The third-order valence-corrected chi connectivity index (χ3v) is 3.18. The number of carbonyl (C=O) groups is 1. The summed E-state index contributed by atoms with van der Waals surface area (Å²) < 4.78 is 0.754. The highest BCUT2D eigenvalue weighted by Gasteiger charge is 2.09. The van der Waals surface area contributed by atoms with Crippen molar-refractivity contribution in [2.24, 2.45) is 0 Å². The molecule has 0 atom stereocenters. The van der Waals surface area contributed by atoms with Crippen LogP contribution in [0.25, 0.3) is 0 Å². The molecular formula is C14H13BrN2O2. The Morgan fingerprint density at radius 3 is 2.68 bits per heavy atom. The van der Waals surface area contributed by atoms with Crippen LogP contribution in [0.5, 0.6) is 0 Å². The first-order valence-electron chi connectivity index (χ1n) is 5.82. The summed E-state index contributed by atoms with van der Waals surface area (Å²) in [5.41, 5.74) is 2.06. The predicted molar refractivity (Wildman–Crippen MR) is 77.5 cm³/mol. The molecule has 0 fully saturated rings. The Labute approximate surface area is 119 Å². The average Bonchev–Trinajstić information content (AvgIpc) is 2.41. The van der Waals surface area contributed by atoms with Gasteiger partial charge in [0.2, 0.25) is 0 Å². The molecule has 98 valence electrons. The van der Waals surface area contributed by atoms with E-state index in [1.807, 2.05) is 18.2 Å². The summed E-state index contributed by atoms with van der Waals surface area (Å²) in [4.78, 5) is 15.1. The standard InChI is InChI=1S/C14H13BrN2O2/c15-11-1-2-13(12(9-11)14(18)19)17-8-5-10-3-6-16-7-4-10/h1-4,6-7,9,17H,5,8H2,(H,18,19). The van der Waals surface area contributed by atoms with Gasteiger partial charge in [0, 0.05) is 29.1 Å². The van der Waals surface area contributed by atoms with Crippen molar-refractivity contribution < 1.29 is 9.90 Å². The summed E-state index contributed by atoms with van der Waals surface area (Å²) in [6.45, 7) is 0.673. The van der Waals surface area contributed by atoms with Crippen LogP contribution in [-0.4, -0.2) is 22.6 Å². The second-order valence-corrected chi connectivity index (χ2v) is 4.94. The molecule has 2 N–H and O–H groups in total. The minimum Gasteiger partial charge on any atom is -0.478 e. The van der Waals surface area contributed by atoms with Crippen molar-refractivity contribution in [3.63, 3.8) is 0 Å². The number of carboxylic acid groups (broad SMARTS) is 1. The van der Waals surface area contributed by atoms with Gasteiger partial charge in [-0.1, -0.05) is 15.9 Å². The van der Waals surface area contributed by atoms with Crippen LogP contribution in [0.1, 0.15) is 15.9 Å². The Bertz CT molecular complexity index is 573. The SMILES string of the molecule is O=C(O)c1cc(Br)ccc1NCCc1ccncc1. The number of carboxylic acids is 1. The molecule has 0 saturated heterocycles. The second-order valence-electron chi connectivity index (χ2n) is 4.03. The molecule has 0 aliphatic rings. The van der Waals surface area contributed by atoms with E-state index >= 15 is 0 Å². The maximum absolute atomic E-state index is 11.1. The van der Waals surface area contributed by atoms with Gasteiger partial charge in [-0.15, -0.1) is 0 Å². The van der Waals surface area contributed by atoms with Crippen LogP contribution in [0.15, 0.2) is 47.2 Å². The van der Waals surface area contributed by atoms with Gasteiger partial charge < -0.3 is 10.4 Å². The Morgan fingerprint density at radius 1 is 1.26 bits per heavy atom. The van der Waals surface area contributed by atoms with Gasteiger partial charge in [0.05, 0.1) is 5.56 Å². The van der Waals surface area contributed by atoms with Crippen molar-refractivity contribution >= 4 is 27.6 Å². The lowest BCUT2D eigenvalue weighted by Crippen LogP contribution is -2.09. The predicted octanol–water partition coefficient (Wildman–Crippen LogP) is 3.20. The van der Waals surface area contributed by atoms with Crippen LogP contribution < -0.4 is 5.32 Å². The quantitative estimate of drug-likeness (QED) is 0.888. The lowest BCUT2D eigenvalue weighted by atomic mass is 10.1. The van der Waals surface area contributed by atoms with E-state index in [1.165, 1.54) is 0 Å². The highest BCUT2D eigenvalue weighted by Crippen LogP contribution is 2.21. The highest BCUT2D eigenvalue weighted by atomic mass is 79.9. The van der Waals surface area contributed by atoms with E-state index < -0.39 is 5.97 Å². The van der Waals surface area contributed by atoms with E-state index in [9.17, 15) is 4.79 Å². The summed E-state index contributed by atoms with van der Waals surface area (Å²) >= 11 is 3.27. The summed E-state index contributed by atoms with van der Waals surface area (Å²) in [6, 6.07) is 9.07. The second kappa shape index (κ2) is 6.33. The molecule has 0 radical (unpaired) electrons. The van der Waals surface area contributed by atoms with Crippen LogP contribution >= 0.6 is 15.9 Å². The number of nitrogens with one attached hydrogen (secondary N) is 1. The fourth-order valence-electron chi connectivity index (χ4n) is 1.74. The van der Waals surface area contributed by atoms with Gasteiger partial charge in [0.1, 0.15) is 0 Å². The first-order chi connectivity index (χ1) is 9.16. The van der Waals surface area contributed by atoms with Gasteiger partial charge >= 0.3 is 5.97 Å². The zero-order valence-corrected chi connectivity index (χ0v) is 11.7. The molecule has 0 aliphatic carbocycles. The number of halogens is 1. The van der Waals surface area contributed by atoms with E-state index in [-0.39, 0.29) is 5.56 Å². The van der Waals surface area contributed by atoms with E-state index in [2.05, 4.69) is 26.2 Å². The van der Waals surface area contributed by atoms with Crippen LogP contribution in [0.4, 0.5) is 5.69 Å². The molecule has 4 nitrogen and oxygen atoms in total. The minimum atomic E-state index is -0.937. The zero-order chi connectivity index (χ0) is 13.7. The van der Waals surface area contributed by atoms with Gasteiger partial charge in [0.15, 0.2) is 0 Å². The molecule has 19 heavy (non-hydrogen) atoms. The van der Waals surface area contributed by atoms with E-state index in [0.717, 1.165) is 16.5 Å². The topological polar surface area (TPSA) is 62.2 Å². The van der Waals surface area contributed by atoms with Crippen LogP contribution in [0.2, 0.25) is 0 Å². The Hall–Kier alpha value is -1.88. The maximum Gasteiger partial charge on any atom is 0.337 e. The number of pyridine rings is 1. The van der Waals surface area contributed by atoms with Gasteiger partial charge in [-0.25, -0.2) is 4.79 Å². The first kappa shape index (κ1) is 13.5. The molecule has 0 aliphatic heterocycles. The van der Waals surface area contributed by atoms with Crippen molar-refractivity contribution in [1.82, 2.24) is 4.98 Å². The zero-order valence-electron chi connectivity index (χ0n) is 10.1. The number of aromatic carboxylic acids is 1. The first-order valence-corrected chi connectivity index (χ1v) is 6.62. The molecule has 5 heteroatoms. The summed E-state index contributed by atoms with van der Waals surface area (Å²) in [5.74, 6) is -0.937. The molecule has 0 amide bonds. The maximum atomic E-state index is 11.1. The number of hydrogen-bond acceptors (Lipinski definition) is 3. The number of hydrogen-bond donors (Lipinski definition) is 2. The third-order valence-electron chi connectivity index (χ3n) is 2.69. The third kappa shape index (κ3) is 3.79. The fourth-order valence-corrected chi connectivity index (χ4v) is 2.10. The molecule has 0 saturated carbocycles. The molecule has 1 aromatic heterocycles. The number of benzene rings is 1. The van der Waals surface area contributed by atoms with Crippen molar-refractivity contribution in [2.45, 2.75) is 6.42 Å². The minimum absolute atomic E-state index is 0.268.